The molecule has 0 radical (unpaired) electrons. The Hall–Kier alpha value is -6.70. The van der Waals surface area contributed by atoms with Crippen LogP contribution >= 0.6 is 0 Å². The predicted octanol–water partition coefficient (Wildman–Crippen LogP) is 14.1. The molecule has 1 nitrogen and oxygen atoms in total. The highest BCUT2D eigenvalue weighted by Gasteiger charge is 2.42. The molecule has 53 heavy (non-hydrogen) atoms. The first-order chi connectivity index (χ1) is 26.2. The van der Waals surface area contributed by atoms with Crippen LogP contribution in [-0.4, -0.2) is 0 Å². The second kappa shape index (κ2) is 12.5. The fourth-order valence-electron chi connectivity index (χ4n) is 8.64. The molecule has 0 saturated heterocycles. The van der Waals surface area contributed by atoms with Crippen LogP contribution in [0.4, 0.5) is 17.1 Å². The lowest BCUT2D eigenvalue weighted by atomic mass is 9.74. The van der Waals surface area contributed by atoms with Crippen LogP contribution in [0.15, 0.2) is 206 Å². The summed E-state index contributed by atoms with van der Waals surface area (Å²) < 4.78 is 0. The lowest BCUT2D eigenvalue weighted by Gasteiger charge is -2.31. The minimum Gasteiger partial charge on any atom is -0.309 e. The zero-order valence-corrected chi connectivity index (χ0v) is 29.6. The first-order valence-corrected chi connectivity index (χ1v) is 18.4. The fourth-order valence-corrected chi connectivity index (χ4v) is 8.64. The Morgan fingerprint density at radius 2 is 0.906 bits per heavy atom. The average molecular weight is 676 g/mol. The van der Waals surface area contributed by atoms with Gasteiger partial charge in [-0.2, -0.15) is 0 Å². The highest BCUT2D eigenvalue weighted by atomic mass is 15.1. The summed E-state index contributed by atoms with van der Waals surface area (Å²) in [6.45, 7) is 2.39. The third-order valence-electron chi connectivity index (χ3n) is 11.3. The molecule has 1 atom stereocenters. The van der Waals surface area contributed by atoms with Crippen molar-refractivity contribution in [1.29, 1.82) is 0 Å². The maximum atomic E-state index is 2.49. The molecule has 1 aliphatic rings. The molecule has 0 amide bonds. The van der Waals surface area contributed by atoms with Gasteiger partial charge in [0, 0.05) is 22.2 Å². The molecule has 0 fully saturated rings. The van der Waals surface area contributed by atoms with E-state index in [0.717, 1.165) is 11.4 Å². The second-order valence-corrected chi connectivity index (χ2v) is 14.3. The number of rotatable bonds is 6. The van der Waals surface area contributed by atoms with Gasteiger partial charge in [-0.15, -0.1) is 0 Å². The SMILES string of the molecule is CC1(c2ccccc2)c2ccccc2-c2c(N(c3ccc4ccccc4c3)c3ccccc3-c3ccc(-c4ccc5ccccc5c4)cc3)cccc21. The first kappa shape index (κ1) is 31.1. The average Bonchev–Trinajstić information content (AvgIpc) is 3.50. The Morgan fingerprint density at radius 1 is 0.358 bits per heavy atom. The van der Waals surface area contributed by atoms with E-state index >= 15 is 0 Å². The summed E-state index contributed by atoms with van der Waals surface area (Å²) in [5.74, 6) is 0. The van der Waals surface area contributed by atoms with Crippen LogP contribution in [0, 0.1) is 0 Å². The van der Waals surface area contributed by atoms with E-state index in [1.165, 1.54) is 77.3 Å². The molecule has 0 saturated carbocycles. The molecule has 1 heteroatoms. The zero-order valence-electron chi connectivity index (χ0n) is 29.6. The van der Waals surface area contributed by atoms with Crippen LogP contribution in [0.3, 0.4) is 0 Å². The van der Waals surface area contributed by atoms with E-state index in [2.05, 4.69) is 218 Å². The summed E-state index contributed by atoms with van der Waals surface area (Å²) in [5, 5.41) is 4.96. The van der Waals surface area contributed by atoms with Crippen LogP contribution in [-0.2, 0) is 5.41 Å². The summed E-state index contributed by atoms with van der Waals surface area (Å²) in [5.41, 5.74) is 14.5. The van der Waals surface area contributed by atoms with E-state index in [9.17, 15) is 0 Å². The molecule has 0 aliphatic heterocycles. The molecule has 9 aromatic carbocycles. The third kappa shape index (κ3) is 5.08. The van der Waals surface area contributed by atoms with E-state index in [1.807, 2.05) is 0 Å². The molecule has 9 aromatic rings. The topological polar surface area (TPSA) is 3.24 Å². The minimum atomic E-state index is -0.295. The molecule has 0 heterocycles. The van der Waals surface area contributed by atoms with Crippen molar-refractivity contribution < 1.29 is 0 Å². The summed E-state index contributed by atoms with van der Waals surface area (Å²) >= 11 is 0. The number of hydrogen-bond acceptors (Lipinski definition) is 1. The van der Waals surface area contributed by atoms with Gasteiger partial charge < -0.3 is 4.90 Å². The largest absolute Gasteiger partial charge is 0.309 e. The smallest absolute Gasteiger partial charge is 0.0543 e. The van der Waals surface area contributed by atoms with Crippen molar-refractivity contribution >= 4 is 38.6 Å². The number of benzene rings is 9. The van der Waals surface area contributed by atoms with E-state index in [-0.39, 0.29) is 5.41 Å². The Labute approximate surface area is 311 Å². The van der Waals surface area contributed by atoms with E-state index < -0.39 is 0 Å². The van der Waals surface area contributed by atoms with Crippen molar-refractivity contribution in [2.75, 3.05) is 4.90 Å². The van der Waals surface area contributed by atoms with Crippen LogP contribution in [0.5, 0.6) is 0 Å². The molecule has 0 bridgehead atoms. The predicted molar refractivity (Wildman–Crippen MR) is 224 cm³/mol. The number of nitrogens with zero attached hydrogens (tertiary/aromatic N) is 1. The molecule has 10 rings (SSSR count). The number of anilines is 3. The summed E-state index contributed by atoms with van der Waals surface area (Å²) in [6.07, 6.45) is 0. The van der Waals surface area contributed by atoms with Crippen LogP contribution in [0.25, 0.3) is 54.9 Å². The normalized spacial score (nSPS) is 14.6. The quantitative estimate of drug-likeness (QED) is 0.170. The highest BCUT2D eigenvalue weighted by molar-refractivity contribution is 6.00. The molecule has 0 N–H and O–H groups in total. The van der Waals surface area contributed by atoms with E-state index in [1.54, 1.807) is 0 Å². The van der Waals surface area contributed by atoms with Crippen LogP contribution in [0.2, 0.25) is 0 Å². The fraction of sp³-hybridized carbons (Fsp3) is 0.0385. The van der Waals surface area contributed by atoms with Gasteiger partial charge >= 0.3 is 0 Å². The van der Waals surface area contributed by atoms with Crippen molar-refractivity contribution in [2.45, 2.75) is 12.3 Å². The lowest BCUT2D eigenvalue weighted by molar-refractivity contribution is 0.714. The number of fused-ring (bicyclic) bond motifs is 5. The Morgan fingerprint density at radius 3 is 1.68 bits per heavy atom. The van der Waals surface area contributed by atoms with Gasteiger partial charge in [0.05, 0.1) is 11.4 Å². The maximum Gasteiger partial charge on any atom is 0.0543 e. The Kier molecular flexibility index (Phi) is 7.33. The van der Waals surface area contributed by atoms with Gasteiger partial charge in [0.2, 0.25) is 0 Å². The first-order valence-electron chi connectivity index (χ1n) is 18.4. The molecule has 250 valence electrons. The monoisotopic (exact) mass is 675 g/mol. The van der Waals surface area contributed by atoms with Crippen LogP contribution < -0.4 is 4.90 Å². The zero-order chi connectivity index (χ0) is 35.4. The summed E-state index contributed by atoms with van der Waals surface area (Å²) in [7, 11) is 0. The van der Waals surface area contributed by atoms with Crippen molar-refractivity contribution in [1.82, 2.24) is 0 Å². The van der Waals surface area contributed by atoms with Gasteiger partial charge in [0.25, 0.3) is 0 Å². The lowest BCUT2D eigenvalue weighted by Crippen LogP contribution is -2.22. The molecular formula is C52H37N. The molecular weight excluding hydrogens is 639 g/mol. The van der Waals surface area contributed by atoms with Crippen molar-refractivity contribution in [3.05, 3.63) is 223 Å². The second-order valence-electron chi connectivity index (χ2n) is 14.3. The minimum absolute atomic E-state index is 0.295. The third-order valence-corrected chi connectivity index (χ3v) is 11.3. The summed E-state index contributed by atoms with van der Waals surface area (Å²) in [6, 6.07) is 75.6. The van der Waals surface area contributed by atoms with Crippen LogP contribution in [0.1, 0.15) is 23.6 Å². The molecule has 0 aromatic heterocycles. The Bertz CT molecular complexity index is 2800. The molecule has 1 aliphatic carbocycles. The number of hydrogen-bond donors (Lipinski definition) is 0. The van der Waals surface area contributed by atoms with Crippen molar-refractivity contribution in [2.24, 2.45) is 0 Å². The van der Waals surface area contributed by atoms with Gasteiger partial charge in [-0.1, -0.05) is 176 Å². The van der Waals surface area contributed by atoms with E-state index in [4.69, 9.17) is 0 Å². The van der Waals surface area contributed by atoms with Gasteiger partial charge in [-0.3, -0.25) is 0 Å². The standard InChI is InChI=1S/C52H37N/c1-52(43-18-3-2-4-19-43)47-22-11-9-21-46(47)51-48(52)23-13-25-50(51)53(44-33-32-37-15-6-8-17-41(37)35-44)49-24-12-10-20-45(49)39-29-26-38(27-30-39)42-31-28-36-14-5-7-16-40(36)34-42/h2-35H,1H3. The van der Waals surface area contributed by atoms with Gasteiger partial charge in [0.1, 0.15) is 0 Å². The number of para-hydroxylation sites is 1. The Balaban J connectivity index is 1.18. The summed E-state index contributed by atoms with van der Waals surface area (Å²) in [4.78, 5) is 2.49. The molecule has 1 unspecified atom stereocenters. The van der Waals surface area contributed by atoms with Crippen molar-refractivity contribution in [3.63, 3.8) is 0 Å². The molecule has 0 spiro atoms. The highest BCUT2D eigenvalue weighted by Crippen LogP contribution is 2.57. The van der Waals surface area contributed by atoms with Crippen molar-refractivity contribution in [3.8, 4) is 33.4 Å². The van der Waals surface area contributed by atoms with Gasteiger partial charge in [-0.25, -0.2) is 0 Å². The van der Waals surface area contributed by atoms with E-state index in [0.29, 0.717) is 0 Å². The van der Waals surface area contributed by atoms with Gasteiger partial charge in [-0.05, 0) is 97.7 Å². The maximum absolute atomic E-state index is 2.49. The van der Waals surface area contributed by atoms with Gasteiger partial charge in [0.15, 0.2) is 0 Å².